The molecule has 4 aromatic rings. The van der Waals surface area contributed by atoms with Crippen molar-refractivity contribution in [2.75, 3.05) is 32.2 Å². The molecule has 3 heterocycles. The van der Waals surface area contributed by atoms with E-state index in [1.54, 1.807) is 19.2 Å². The molecule has 3 N–H and O–H groups in total. The fraction of sp³-hybridized carbons (Fsp3) is 0.361. The van der Waals surface area contributed by atoms with Crippen molar-refractivity contribution in [2.24, 2.45) is 14.1 Å². The molecule has 0 spiro atoms. The highest BCUT2D eigenvalue weighted by Crippen LogP contribution is 2.43. The van der Waals surface area contributed by atoms with Crippen LogP contribution in [0, 0.1) is 6.92 Å². The first kappa shape index (κ1) is 34.1. The van der Waals surface area contributed by atoms with E-state index in [4.69, 9.17) is 26.1 Å². The third-order valence-electron chi connectivity index (χ3n) is 9.22. The average Bonchev–Trinajstić information content (AvgIpc) is 3.71. The number of methoxy groups -OCH3 is 1. The van der Waals surface area contributed by atoms with Crippen LogP contribution in [0.25, 0.3) is 22.4 Å². The van der Waals surface area contributed by atoms with Gasteiger partial charge < -0.3 is 30.0 Å². The lowest BCUT2D eigenvalue weighted by Crippen LogP contribution is -2.40. The molecule has 2 aromatic carbocycles. The van der Waals surface area contributed by atoms with Crippen molar-refractivity contribution in [2.45, 2.75) is 44.7 Å². The maximum absolute atomic E-state index is 13.2. The van der Waals surface area contributed by atoms with E-state index in [2.05, 4.69) is 22.0 Å². The zero-order valence-corrected chi connectivity index (χ0v) is 28.6. The van der Waals surface area contributed by atoms with Gasteiger partial charge in [0.15, 0.2) is 0 Å². The first-order valence-corrected chi connectivity index (χ1v) is 16.6. The summed E-state index contributed by atoms with van der Waals surface area (Å²) in [6.45, 7) is 3.28. The number of aryl methyl sites for hydroxylation is 2. The number of aromatic nitrogens is 3. The molecule has 256 valence electrons. The minimum atomic E-state index is -0.679. The number of fused-ring (bicyclic) bond motifs is 1. The second-order valence-corrected chi connectivity index (χ2v) is 12.8. The summed E-state index contributed by atoms with van der Waals surface area (Å²) < 4.78 is 13.5. The van der Waals surface area contributed by atoms with Crippen molar-refractivity contribution in [1.82, 2.24) is 24.8 Å². The van der Waals surface area contributed by atoms with E-state index >= 15 is 0 Å². The summed E-state index contributed by atoms with van der Waals surface area (Å²) in [5.74, 6) is -0.00459. The molecular formula is C36H39ClN6O6. The molecule has 1 aliphatic carbocycles. The van der Waals surface area contributed by atoms with Crippen molar-refractivity contribution in [3.05, 3.63) is 96.8 Å². The number of carbonyl (C=O) groups excluding carboxylic acids is 2. The molecule has 12 nitrogen and oxygen atoms in total. The lowest BCUT2D eigenvalue weighted by atomic mass is 9.96. The number of benzene rings is 2. The lowest BCUT2D eigenvalue weighted by Gasteiger charge is -2.20. The van der Waals surface area contributed by atoms with Gasteiger partial charge in [0, 0.05) is 74.8 Å². The molecule has 2 aliphatic rings. The molecule has 6 rings (SSSR count). The summed E-state index contributed by atoms with van der Waals surface area (Å²) in [4.78, 5) is 54.7. The zero-order valence-electron chi connectivity index (χ0n) is 27.9. The fourth-order valence-corrected chi connectivity index (χ4v) is 6.87. The molecule has 2 aromatic heterocycles. The van der Waals surface area contributed by atoms with Crippen LogP contribution in [0.1, 0.15) is 52.4 Å². The van der Waals surface area contributed by atoms with E-state index in [0.29, 0.717) is 48.5 Å². The number of ether oxygens (including phenoxy) is 2. The number of pyridine rings is 1. The molecule has 13 heteroatoms. The van der Waals surface area contributed by atoms with Crippen molar-refractivity contribution < 1.29 is 19.1 Å². The van der Waals surface area contributed by atoms with Gasteiger partial charge in [-0.3, -0.25) is 19.0 Å². The zero-order chi connectivity index (χ0) is 34.8. The van der Waals surface area contributed by atoms with Crippen LogP contribution in [-0.4, -0.2) is 58.8 Å². The smallest absolute Gasteiger partial charge is 0.330 e. The minimum Gasteiger partial charge on any atom is -0.475 e. The van der Waals surface area contributed by atoms with Crippen LogP contribution >= 0.6 is 11.6 Å². The quantitative estimate of drug-likeness (QED) is 0.202. The lowest BCUT2D eigenvalue weighted by molar-refractivity contribution is -0.119. The molecule has 0 saturated carbocycles. The molecule has 1 aliphatic heterocycles. The van der Waals surface area contributed by atoms with Gasteiger partial charge in [0.05, 0.1) is 17.3 Å². The molecule has 1 saturated heterocycles. The van der Waals surface area contributed by atoms with Crippen molar-refractivity contribution >= 4 is 29.1 Å². The SMILES string of the molecule is COCCOc1nc(-c2cccc(-c3cccc(NC(=O)c4cn(C)c(=O)n(C)c4=O)c3C)c2Cl)cc2c1C(NC[C@@H]1CCC(=O)N1)CC2. The highest BCUT2D eigenvalue weighted by molar-refractivity contribution is 6.36. The molecule has 49 heavy (non-hydrogen) atoms. The van der Waals surface area contributed by atoms with E-state index in [9.17, 15) is 19.2 Å². The second kappa shape index (κ2) is 14.4. The van der Waals surface area contributed by atoms with Gasteiger partial charge in [-0.15, -0.1) is 0 Å². The van der Waals surface area contributed by atoms with Crippen molar-refractivity contribution in [3.63, 3.8) is 0 Å². The predicted molar refractivity (Wildman–Crippen MR) is 187 cm³/mol. The summed E-state index contributed by atoms with van der Waals surface area (Å²) in [6.07, 6.45) is 4.32. The minimum absolute atomic E-state index is 0.0370. The van der Waals surface area contributed by atoms with Gasteiger partial charge >= 0.3 is 5.69 Å². The van der Waals surface area contributed by atoms with Gasteiger partial charge in [-0.25, -0.2) is 9.78 Å². The van der Waals surface area contributed by atoms with Crippen molar-refractivity contribution in [1.29, 1.82) is 0 Å². The molecule has 2 amide bonds. The van der Waals surface area contributed by atoms with Crippen LogP contribution in [0.5, 0.6) is 5.88 Å². The van der Waals surface area contributed by atoms with E-state index < -0.39 is 17.2 Å². The summed E-state index contributed by atoms with van der Waals surface area (Å²) in [5, 5.41) is 9.97. The van der Waals surface area contributed by atoms with Crippen LogP contribution in [0.15, 0.2) is 58.3 Å². The van der Waals surface area contributed by atoms with Crippen LogP contribution in [0.4, 0.5) is 5.69 Å². The molecule has 0 radical (unpaired) electrons. The van der Waals surface area contributed by atoms with E-state index in [-0.39, 0.29) is 23.6 Å². The Hall–Kier alpha value is -4.78. The number of anilines is 1. The molecule has 2 atom stereocenters. The Morgan fingerprint density at radius 2 is 1.80 bits per heavy atom. The van der Waals surface area contributed by atoms with E-state index in [0.717, 1.165) is 57.2 Å². The number of nitrogens with zero attached hydrogens (tertiary/aromatic N) is 3. The van der Waals surface area contributed by atoms with Crippen LogP contribution in [0.2, 0.25) is 5.02 Å². The number of nitrogens with one attached hydrogen (secondary N) is 3. The Morgan fingerprint density at radius 1 is 1.04 bits per heavy atom. The van der Waals surface area contributed by atoms with E-state index in [1.807, 2.05) is 31.2 Å². The fourth-order valence-electron chi connectivity index (χ4n) is 6.55. The van der Waals surface area contributed by atoms with Crippen LogP contribution < -0.4 is 31.9 Å². The van der Waals surface area contributed by atoms with Gasteiger partial charge in [0.1, 0.15) is 12.2 Å². The topological polar surface area (TPSA) is 146 Å². The van der Waals surface area contributed by atoms with Crippen LogP contribution in [0.3, 0.4) is 0 Å². The number of amides is 2. The highest BCUT2D eigenvalue weighted by atomic mass is 35.5. The molecular weight excluding hydrogens is 648 g/mol. The Balaban J connectivity index is 1.31. The number of carbonyl (C=O) groups is 2. The summed E-state index contributed by atoms with van der Waals surface area (Å²) >= 11 is 7.16. The third kappa shape index (κ3) is 6.89. The third-order valence-corrected chi connectivity index (χ3v) is 9.63. The average molecular weight is 687 g/mol. The number of hydrogen-bond donors (Lipinski definition) is 3. The second-order valence-electron chi connectivity index (χ2n) is 12.4. The van der Waals surface area contributed by atoms with Gasteiger partial charge in [-0.1, -0.05) is 41.9 Å². The van der Waals surface area contributed by atoms with Crippen LogP contribution in [-0.2, 0) is 30.0 Å². The number of halogens is 1. The summed E-state index contributed by atoms with van der Waals surface area (Å²) in [5.41, 5.74) is 4.97. The van der Waals surface area contributed by atoms with Gasteiger partial charge in [-0.2, -0.15) is 0 Å². The Morgan fingerprint density at radius 3 is 2.55 bits per heavy atom. The normalized spacial score (nSPS) is 16.8. The number of rotatable bonds is 11. The monoisotopic (exact) mass is 686 g/mol. The summed E-state index contributed by atoms with van der Waals surface area (Å²) in [6, 6.07) is 13.4. The largest absolute Gasteiger partial charge is 0.475 e. The molecule has 1 unspecified atom stereocenters. The molecule has 1 fully saturated rings. The standard InChI is InChI=1S/C36H39ClN6O6/c1-20-23(7-6-10-27(20)40-33(45)26-19-42(2)36(47)43(3)35(26)46)24-8-5-9-25(32(24)37)29-17-21-11-13-28(38-18-22-12-14-30(44)39-22)31(21)34(41-29)49-16-15-48-4/h5-10,17,19,22,28,38H,11-16,18H2,1-4H3,(H,39,44)(H,40,45)/t22-,28?/m0/s1. The van der Waals surface area contributed by atoms with Gasteiger partial charge in [0.2, 0.25) is 11.8 Å². The highest BCUT2D eigenvalue weighted by Gasteiger charge is 2.31. The summed E-state index contributed by atoms with van der Waals surface area (Å²) in [7, 11) is 4.44. The van der Waals surface area contributed by atoms with E-state index in [1.165, 1.54) is 24.9 Å². The first-order valence-electron chi connectivity index (χ1n) is 16.2. The Bertz CT molecular complexity index is 2060. The maximum atomic E-state index is 13.2. The predicted octanol–water partition coefficient (Wildman–Crippen LogP) is 3.91. The van der Waals surface area contributed by atoms with Gasteiger partial charge in [0.25, 0.3) is 11.5 Å². The number of hydrogen-bond acceptors (Lipinski definition) is 8. The first-order chi connectivity index (χ1) is 23.6. The van der Waals surface area contributed by atoms with Crippen molar-refractivity contribution in [3.8, 4) is 28.3 Å². The van der Waals surface area contributed by atoms with Gasteiger partial charge in [-0.05, 0) is 55.0 Å². The maximum Gasteiger partial charge on any atom is 0.330 e. The Kier molecular flexibility index (Phi) is 10.00. The Labute approximate surface area is 288 Å². The molecule has 0 bridgehead atoms.